The van der Waals surface area contributed by atoms with E-state index >= 15 is 0 Å². The predicted molar refractivity (Wildman–Crippen MR) is 48.1 cm³/mol. The van der Waals surface area contributed by atoms with Gasteiger partial charge in [-0.15, -0.1) is 0 Å². The van der Waals surface area contributed by atoms with Crippen LogP contribution in [0.2, 0.25) is 0 Å². The molecule has 0 bridgehead atoms. The van der Waals surface area contributed by atoms with Crippen LogP contribution < -0.4 is 0 Å². The molecule has 1 aromatic rings. The van der Waals surface area contributed by atoms with Gasteiger partial charge in [-0.05, 0) is 25.1 Å². The van der Waals surface area contributed by atoms with E-state index in [4.69, 9.17) is 5.26 Å². The zero-order valence-corrected chi connectivity index (χ0v) is 8.10. The number of nitrogens with zero attached hydrogens (tertiary/aromatic N) is 1. The molecule has 0 spiro atoms. The Morgan fingerprint density at radius 3 is 2.83 bits per heavy atom. The van der Waals surface area contributed by atoms with E-state index in [2.05, 4.69) is 15.9 Å². The molecule has 3 heteroatoms. The van der Waals surface area contributed by atoms with Gasteiger partial charge in [0.15, 0.2) is 0 Å². The molecule has 0 aliphatic heterocycles. The number of rotatable bonds is 1. The molecule has 1 atom stereocenters. The van der Waals surface area contributed by atoms with Crippen LogP contribution in [-0.2, 0) is 0 Å². The first-order chi connectivity index (χ1) is 5.65. The third-order valence-corrected chi connectivity index (χ3v) is 2.11. The molecule has 0 N–H and O–H groups in total. The first-order valence-electron chi connectivity index (χ1n) is 3.49. The van der Waals surface area contributed by atoms with E-state index in [0.29, 0.717) is 5.56 Å². The molecule has 0 aliphatic carbocycles. The summed E-state index contributed by atoms with van der Waals surface area (Å²) in [5.74, 6) is -0.727. The lowest BCUT2D eigenvalue weighted by Crippen LogP contribution is -1.93. The summed E-state index contributed by atoms with van der Waals surface area (Å²) in [6, 6.07) is 6.59. The minimum Gasteiger partial charge on any atom is -0.207 e. The Kier molecular flexibility index (Phi) is 2.83. The van der Waals surface area contributed by atoms with Crippen LogP contribution in [0.5, 0.6) is 0 Å². The highest BCUT2D eigenvalue weighted by Gasteiger charge is 2.09. The van der Waals surface area contributed by atoms with Gasteiger partial charge >= 0.3 is 0 Å². The zero-order chi connectivity index (χ0) is 9.14. The third kappa shape index (κ3) is 1.83. The molecule has 0 saturated heterocycles. The Morgan fingerprint density at radius 2 is 2.25 bits per heavy atom. The van der Waals surface area contributed by atoms with Gasteiger partial charge in [0.05, 0.1) is 12.0 Å². The molecule has 12 heavy (non-hydrogen) atoms. The van der Waals surface area contributed by atoms with Crippen LogP contribution in [0.25, 0.3) is 0 Å². The summed E-state index contributed by atoms with van der Waals surface area (Å²) in [6.07, 6.45) is 0. The smallest absolute Gasteiger partial charge is 0.127 e. The molecule has 0 aromatic heterocycles. The molecule has 0 amide bonds. The normalized spacial score (nSPS) is 12.2. The lowest BCUT2D eigenvalue weighted by atomic mass is 10.0. The predicted octanol–water partition coefficient (Wildman–Crippen LogP) is 3.22. The van der Waals surface area contributed by atoms with Gasteiger partial charge in [-0.2, -0.15) is 5.26 Å². The summed E-state index contributed by atoms with van der Waals surface area (Å²) in [7, 11) is 0. The van der Waals surface area contributed by atoms with Crippen molar-refractivity contribution in [2.24, 2.45) is 0 Å². The molecule has 0 heterocycles. The fraction of sp³-hybridized carbons (Fsp3) is 0.222. The third-order valence-electron chi connectivity index (χ3n) is 1.62. The molecular formula is C9H7BrFN. The van der Waals surface area contributed by atoms with Gasteiger partial charge in [0.1, 0.15) is 5.82 Å². The fourth-order valence-electron chi connectivity index (χ4n) is 0.916. The summed E-state index contributed by atoms with van der Waals surface area (Å²) in [5.41, 5.74) is 0.437. The highest BCUT2D eigenvalue weighted by molar-refractivity contribution is 9.10. The van der Waals surface area contributed by atoms with Crippen LogP contribution in [0.3, 0.4) is 0 Å². The van der Waals surface area contributed by atoms with E-state index in [1.54, 1.807) is 19.1 Å². The largest absolute Gasteiger partial charge is 0.207 e. The van der Waals surface area contributed by atoms with Crippen LogP contribution in [-0.4, -0.2) is 0 Å². The zero-order valence-electron chi connectivity index (χ0n) is 6.51. The lowest BCUT2D eigenvalue weighted by Gasteiger charge is -2.04. The molecule has 1 nitrogen and oxygen atoms in total. The maximum absolute atomic E-state index is 13.0. The van der Waals surface area contributed by atoms with Gasteiger partial charge in [0.25, 0.3) is 0 Å². The molecular weight excluding hydrogens is 221 g/mol. The van der Waals surface area contributed by atoms with Crippen LogP contribution in [0, 0.1) is 17.1 Å². The van der Waals surface area contributed by atoms with E-state index in [-0.39, 0.29) is 5.82 Å². The average molecular weight is 228 g/mol. The second-order valence-electron chi connectivity index (χ2n) is 2.52. The van der Waals surface area contributed by atoms with Gasteiger partial charge in [-0.25, -0.2) is 4.39 Å². The summed E-state index contributed by atoms with van der Waals surface area (Å²) in [6.45, 7) is 1.67. The van der Waals surface area contributed by atoms with E-state index < -0.39 is 5.92 Å². The Hall–Kier alpha value is -0.880. The van der Waals surface area contributed by atoms with Crippen LogP contribution in [0.1, 0.15) is 18.4 Å². The fourth-order valence-corrected chi connectivity index (χ4v) is 1.29. The lowest BCUT2D eigenvalue weighted by molar-refractivity contribution is 0.606. The van der Waals surface area contributed by atoms with Crippen LogP contribution >= 0.6 is 15.9 Å². The van der Waals surface area contributed by atoms with Crippen molar-refractivity contribution in [3.63, 3.8) is 0 Å². The highest BCUT2D eigenvalue weighted by atomic mass is 79.9. The molecule has 1 aromatic carbocycles. The summed E-state index contributed by atoms with van der Waals surface area (Å²) < 4.78 is 13.8. The SMILES string of the molecule is C[C@@H](C#N)c1cc(Br)ccc1F. The van der Waals surface area contributed by atoms with E-state index in [0.717, 1.165) is 4.47 Å². The number of halogens is 2. The number of hydrogen-bond donors (Lipinski definition) is 0. The van der Waals surface area contributed by atoms with Crippen molar-refractivity contribution in [2.45, 2.75) is 12.8 Å². The molecule has 0 radical (unpaired) electrons. The molecule has 62 valence electrons. The maximum atomic E-state index is 13.0. The summed E-state index contributed by atoms with van der Waals surface area (Å²) in [5, 5.41) is 8.57. The minimum atomic E-state index is -0.400. The van der Waals surface area contributed by atoms with E-state index in [9.17, 15) is 4.39 Å². The van der Waals surface area contributed by atoms with Crippen molar-refractivity contribution in [2.75, 3.05) is 0 Å². The van der Waals surface area contributed by atoms with Gasteiger partial charge in [0.2, 0.25) is 0 Å². The van der Waals surface area contributed by atoms with Crippen molar-refractivity contribution >= 4 is 15.9 Å². The van der Waals surface area contributed by atoms with Crippen LogP contribution in [0.4, 0.5) is 4.39 Å². The van der Waals surface area contributed by atoms with E-state index in [1.165, 1.54) is 6.07 Å². The highest BCUT2D eigenvalue weighted by Crippen LogP contribution is 2.22. The molecule has 0 saturated carbocycles. The molecule has 0 fully saturated rings. The van der Waals surface area contributed by atoms with Gasteiger partial charge in [-0.3, -0.25) is 0 Å². The van der Waals surface area contributed by atoms with Gasteiger partial charge in [-0.1, -0.05) is 15.9 Å². The maximum Gasteiger partial charge on any atom is 0.127 e. The Morgan fingerprint density at radius 1 is 1.58 bits per heavy atom. The molecule has 1 rings (SSSR count). The summed E-state index contributed by atoms with van der Waals surface area (Å²) in [4.78, 5) is 0. The van der Waals surface area contributed by atoms with Crippen molar-refractivity contribution in [3.8, 4) is 6.07 Å². The Balaban J connectivity index is 3.15. The van der Waals surface area contributed by atoms with E-state index in [1.807, 2.05) is 6.07 Å². The first kappa shape index (κ1) is 9.21. The molecule has 0 unspecified atom stereocenters. The first-order valence-corrected chi connectivity index (χ1v) is 4.29. The topological polar surface area (TPSA) is 23.8 Å². The van der Waals surface area contributed by atoms with Gasteiger partial charge < -0.3 is 0 Å². The average Bonchev–Trinajstić information content (AvgIpc) is 2.08. The van der Waals surface area contributed by atoms with Crippen molar-refractivity contribution < 1.29 is 4.39 Å². The number of nitriles is 1. The second-order valence-corrected chi connectivity index (χ2v) is 3.43. The van der Waals surface area contributed by atoms with Crippen molar-refractivity contribution in [1.82, 2.24) is 0 Å². The monoisotopic (exact) mass is 227 g/mol. The Bertz CT molecular complexity index is 330. The Labute approximate surface area is 79.0 Å². The summed E-state index contributed by atoms with van der Waals surface area (Å²) >= 11 is 3.22. The number of benzene rings is 1. The molecule has 0 aliphatic rings. The van der Waals surface area contributed by atoms with Crippen molar-refractivity contribution in [1.29, 1.82) is 5.26 Å². The van der Waals surface area contributed by atoms with Crippen LogP contribution in [0.15, 0.2) is 22.7 Å². The van der Waals surface area contributed by atoms with Crippen molar-refractivity contribution in [3.05, 3.63) is 34.1 Å². The number of hydrogen-bond acceptors (Lipinski definition) is 1. The van der Waals surface area contributed by atoms with Gasteiger partial charge in [0, 0.05) is 10.0 Å². The minimum absolute atomic E-state index is 0.327. The second kappa shape index (κ2) is 3.68. The quantitative estimate of drug-likeness (QED) is 0.723. The standard InChI is InChI=1S/C9H7BrFN/c1-6(5-12)8-4-7(10)2-3-9(8)11/h2-4,6H,1H3/t6-/m0/s1.